The second-order valence-electron chi connectivity index (χ2n) is 17.8. The summed E-state index contributed by atoms with van der Waals surface area (Å²) in [5.74, 6) is -0.902. The largest absolute Gasteiger partial charge is 0.462 e. The monoisotopic (exact) mass is 869 g/mol. The quantitative estimate of drug-likeness (QED) is 0.0262. The first-order valence-electron chi connectivity index (χ1n) is 26.6. The van der Waals surface area contributed by atoms with Gasteiger partial charge in [0.05, 0.1) is 0 Å². The number of rotatable bonds is 48. The number of carbonyl (C=O) groups excluding carboxylic acids is 3. The van der Waals surface area contributed by atoms with Gasteiger partial charge in [-0.2, -0.15) is 0 Å². The van der Waals surface area contributed by atoms with Crippen LogP contribution in [0.25, 0.3) is 0 Å². The molecule has 0 aliphatic heterocycles. The number of allylic oxidation sites excluding steroid dienone is 8. The lowest BCUT2D eigenvalue weighted by molar-refractivity contribution is -0.167. The molecule has 0 amide bonds. The summed E-state index contributed by atoms with van der Waals surface area (Å²) in [4.78, 5) is 38.0. The molecule has 6 heteroatoms. The molecule has 0 rings (SSSR count). The number of hydrogen-bond acceptors (Lipinski definition) is 6. The Labute approximate surface area is 384 Å². The number of hydrogen-bond donors (Lipinski definition) is 0. The van der Waals surface area contributed by atoms with E-state index in [1.165, 1.54) is 148 Å². The molecule has 62 heavy (non-hydrogen) atoms. The van der Waals surface area contributed by atoms with Gasteiger partial charge < -0.3 is 14.2 Å². The van der Waals surface area contributed by atoms with Crippen molar-refractivity contribution in [3.8, 4) is 0 Å². The molecule has 1 atom stereocenters. The third-order valence-corrected chi connectivity index (χ3v) is 11.6. The molecule has 0 bridgehead atoms. The van der Waals surface area contributed by atoms with Gasteiger partial charge in [0.15, 0.2) is 6.10 Å². The van der Waals surface area contributed by atoms with Crippen molar-refractivity contribution >= 4 is 17.9 Å². The van der Waals surface area contributed by atoms with Gasteiger partial charge in [-0.3, -0.25) is 14.4 Å². The van der Waals surface area contributed by atoms with Crippen molar-refractivity contribution in [1.29, 1.82) is 0 Å². The molecule has 0 aromatic carbocycles. The zero-order valence-corrected chi connectivity index (χ0v) is 41.1. The van der Waals surface area contributed by atoms with E-state index in [0.717, 1.165) is 83.5 Å². The van der Waals surface area contributed by atoms with E-state index >= 15 is 0 Å². The first-order chi connectivity index (χ1) is 30.5. The number of unbranched alkanes of at least 4 members (excludes halogenated alkanes) is 29. The minimum atomic E-state index is -0.781. The van der Waals surface area contributed by atoms with Crippen molar-refractivity contribution in [3.63, 3.8) is 0 Å². The Kier molecular flexibility index (Phi) is 48.8. The van der Waals surface area contributed by atoms with Crippen LogP contribution >= 0.6 is 0 Å². The van der Waals surface area contributed by atoms with Crippen LogP contribution in [0.2, 0.25) is 0 Å². The third kappa shape index (κ3) is 48.4. The summed E-state index contributed by atoms with van der Waals surface area (Å²) >= 11 is 0. The average Bonchev–Trinajstić information content (AvgIpc) is 3.27. The molecule has 0 aromatic rings. The highest BCUT2D eigenvalue weighted by molar-refractivity contribution is 5.71. The maximum Gasteiger partial charge on any atom is 0.306 e. The standard InChI is InChI=1S/C56H100O6/c1-4-7-10-13-16-19-22-24-26-27-28-29-30-32-34-37-40-43-46-49-55(58)61-52-53(51-60-54(57)48-45-42-39-36-33-21-18-15-12-9-6-3)62-56(59)50-47-44-41-38-35-31-25-23-20-17-14-11-8-5-2/h16,19,24,26,28-29,32,34,53H,4-15,17-18,20-23,25,27,30-31,33,35-52H2,1-3H3/b19-16-,26-24-,29-28-,34-32-/t53-/m0/s1. The second-order valence-corrected chi connectivity index (χ2v) is 17.8. The smallest absolute Gasteiger partial charge is 0.306 e. The predicted molar refractivity (Wildman–Crippen MR) is 265 cm³/mol. The first kappa shape index (κ1) is 59.4. The van der Waals surface area contributed by atoms with Gasteiger partial charge in [0.2, 0.25) is 0 Å². The minimum Gasteiger partial charge on any atom is -0.462 e. The van der Waals surface area contributed by atoms with Gasteiger partial charge in [0.25, 0.3) is 0 Å². The van der Waals surface area contributed by atoms with E-state index < -0.39 is 6.10 Å². The Morgan fingerprint density at radius 3 is 0.935 bits per heavy atom. The summed E-state index contributed by atoms with van der Waals surface area (Å²) in [7, 11) is 0. The van der Waals surface area contributed by atoms with Crippen molar-refractivity contribution in [2.45, 2.75) is 277 Å². The van der Waals surface area contributed by atoms with Gasteiger partial charge in [-0.1, -0.05) is 236 Å². The summed E-state index contributed by atoms with van der Waals surface area (Å²) in [5, 5.41) is 0. The fraction of sp³-hybridized carbons (Fsp3) is 0.804. The average molecular weight is 869 g/mol. The summed E-state index contributed by atoms with van der Waals surface area (Å²) in [6.07, 6.45) is 60.9. The molecule has 0 saturated carbocycles. The SMILES string of the molecule is CCCCC/C=C\C/C=C\C/C=C\C/C=C\CCCCCC(=O)OC[C@H](COC(=O)CCCCCCCCCCCCC)OC(=O)CCCCCCCCCCCCCCCC. The van der Waals surface area contributed by atoms with Crippen molar-refractivity contribution in [2.75, 3.05) is 13.2 Å². The molecule has 0 heterocycles. The Morgan fingerprint density at radius 1 is 0.323 bits per heavy atom. The van der Waals surface area contributed by atoms with Crippen LogP contribution in [0.1, 0.15) is 271 Å². The van der Waals surface area contributed by atoms with Crippen molar-refractivity contribution in [2.24, 2.45) is 0 Å². The van der Waals surface area contributed by atoms with Gasteiger partial charge in [-0.25, -0.2) is 0 Å². The zero-order valence-electron chi connectivity index (χ0n) is 41.1. The van der Waals surface area contributed by atoms with E-state index in [0.29, 0.717) is 19.3 Å². The predicted octanol–water partition coefficient (Wildman–Crippen LogP) is 17.5. The fourth-order valence-corrected chi connectivity index (χ4v) is 7.54. The lowest BCUT2D eigenvalue weighted by Gasteiger charge is -2.18. The highest BCUT2D eigenvalue weighted by atomic mass is 16.6. The van der Waals surface area contributed by atoms with Gasteiger partial charge in [-0.15, -0.1) is 0 Å². The van der Waals surface area contributed by atoms with E-state index in [9.17, 15) is 14.4 Å². The summed E-state index contributed by atoms with van der Waals surface area (Å²) in [6, 6.07) is 0. The molecule has 0 spiro atoms. The molecule has 0 aliphatic rings. The minimum absolute atomic E-state index is 0.0797. The summed E-state index contributed by atoms with van der Waals surface area (Å²) in [6.45, 7) is 6.59. The molecular weight excluding hydrogens is 769 g/mol. The molecular formula is C56H100O6. The van der Waals surface area contributed by atoms with E-state index in [4.69, 9.17) is 14.2 Å². The van der Waals surface area contributed by atoms with Crippen molar-refractivity contribution < 1.29 is 28.6 Å². The van der Waals surface area contributed by atoms with Crippen LogP contribution in [0, 0.1) is 0 Å². The summed E-state index contributed by atoms with van der Waals surface area (Å²) in [5.41, 5.74) is 0. The Bertz CT molecular complexity index is 1090. The second kappa shape index (κ2) is 51.0. The summed E-state index contributed by atoms with van der Waals surface area (Å²) < 4.78 is 16.8. The maximum absolute atomic E-state index is 12.8. The van der Waals surface area contributed by atoms with Gasteiger partial charge >= 0.3 is 17.9 Å². The van der Waals surface area contributed by atoms with Crippen LogP contribution in [0.15, 0.2) is 48.6 Å². The Morgan fingerprint density at radius 2 is 0.581 bits per heavy atom. The molecule has 0 saturated heterocycles. The molecule has 0 aliphatic carbocycles. The topological polar surface area (TPSA) is 78.9 Å². The van der Waals surface area contributed by atoms with Crippen LogP contribution in [0.4, 0.5) is 0 Å². The lowest BCUT2D eigenvalue weighted by Crippen LogP contribution is -2.30. The maximum atomic E-state index is 12.8. The van der Waals surface area contributed by atoms with Crippen molar-refractivity contribution in [1.82, 2.24) is 0 Å². The van der Waals surface area contributed by atoms with Gasteiger partial charge in [-0.05, 0) is 64.2 Å². The fourth-order valence-electron chi connectivity index (χ4n) is 7.54. The van der Waals surface area contributed by atoms with Crippen molar-refractivity contribution in [3.05, 3.63) is 48.6 Å². The highest BCUT2D eigenvalue weighted by Gasteiger charge is 2.19. The normalized spacial score (nSPS) is 12.4. The molecule has 0 radical (unpaired) electrons. The lowest BCUT2D eigenvalue weighted by atomic mass is 10.0. The number of carbonyl (C=O) groups is 3. The van der Waals surface area contributed by atoms with E-state index in [1.807, 2.05) is 0 Å². The number of ether oxygens (including phenoxy) is 3. The molecule has 6 nitrogen and oxygen atoms in total. The Balaban J connectivity index is 4.39. The molecule has 0 unspecified atom stereocenters. The van der Waals surface area contributed by atoms with Crippen LogP contribution in [-0.4, -0.2) is 37.2 Å². The first-order valence-corrected chi connectivity index (χ1v) is 26.6. The number of esters is 3. The highest BCUT2D eigenvalue weighted by Crippen LogP contribution is 2.15. The molecule has 360 valence electrons. The molecule has 0 aromatic heterocycles. The molecule has 0 N–H and O–H groups in total. The van der Waals surface area contributed by atoms with E-state index in [-0.39, 0.29) is 31.1 Å². The van der Waals surface area contributed by atoms with Crippen LogP contribution in [0.3, 0.4) is 0 Å². The van der Waals surface area contributed by atoms with Gasteiger partial charge in [0.1, 0.15) is 13.2 Å². The zero-order chi connectivity index (χ0) is 45.1. The van der Waals surface area contributed by atoms with Crippen LogP contribution in [-0.2, 0) is 28.6 Å². The van der Waals surface area contributed by atoms with Crippen LogP contribution in [0.5, 0.6) is 0 Å². The Hall–Kier alpha value is -2.63. The van der Waals surface area contributed by atoms with Gasteiger partial charge in [0, 0.05) is 19.3 Å². The third-order valence-electron chi connectivity index (χ3n) is 11.6. The van der Waals surface area contributed by atoms with E-state index in [1.54, 1.807) is 0 Å². The molecule has 0 fully saturated rings. The van der Waals surface area contributed by atoms with Crippen LogP contribution < -0.4 is 0 Å². The van der Waals surface area contributed by atoms with E-state index in [2.05, 4.69) is 69.4 Å².